The summed E-state index contributed by atoms with van der Waals surface area (Å²) in [6.07, 6.45) is 0.286. The molecule has 5 nitrogen and oxygen atoms in total. The molecule has 0 aliphatic heterocycles. The molecule has 0 heterocycles. The van der Waals surface area contributed by atoms with Crippen LogP contribution >= 0.6 is 18.1 Å². The number of carbonyl (C=O) groups is 1. The van der Waals surface area contributed by atoms with E-state index in [-0.39, 0.29) is 13.0 Å². The van der Waals surface area contributed by atoms with Crippen LogP contribution in [0.5, 0.6) is 5.75 Å². The molecule has 0 aliphatic carbocycles. The first kappa shape index (κ1) is 18.5. The summed E-state index contributed by atoms with van der Waals surface area (Å²) in [4.78, 5) is 12.2. The van der Waals surface area contributed by atoms with Crippen molar-refractivity contribution in [2.24, 2.45) is 0 Å². The van der Waals surface area contributed by atoms with E-state index in [0.717, 1.165) is 5.56 Å². The monoisotopic (exact) mass is 367 g/mol. The van der Waals surface area contributed by atoms with Gasteiger partial charge in [-0.3, -0.25) is 4.79 Å². The summed E-state index contributed by atoms with van der Waals surface area (Å²) in [5, 5.41) is 2.60. The van der Waals surface area contributed by atoms with Crippen molar-refractivity contribution in [1.82, 2.24) is 5.09 Å². The highest BCUT2D eigenvalue weighted by molar-refractivity contribution is 7.84. The second-order valence-electron chi connectivity index (χ2n) is 5.01. The minimum absolute atomic E-state index is 0.220. The van der Waals surface area contributed by atoms with Gasteiger partial charge in [-0.05, 0) is 31.0 Å². The lowest BCUT2D eigenvalue weighted by atomic mass is 10.1. The Kier molecular flexibility index (Phi) is 6.85. The number of ether oxygens (including phenoxy) is 1. The molecule has 0 saturated heterocycles. The van der Waals surface area contributed by atoms with Gasteiger partial charge in [-0.1, -0.05) is 48.5 Å². The van der Waals surface area contributed by atoms with Crippen molar-refractivity contribution in [3.8, 4) is 5.75 Å². The molecule has 0 spiro atoms. The van der Waals surface area contributed by atoms with Crippen molar-refractivity contribution in [1.29, 1.82) is 0 Å². The number of nitrogens with one attached hydrogen (secondary N) is 1. The first-order valence-electron chi connectivity index (χ1n) is 7.53. The Morgan fingerprint density at radius 1 is 1.12 bits per heavy atom. The molecule has 0 bridgehead atoms. The van der Waals surface area contributed by atoms with Gasteiger partial charge in [0.2, 0.25) is 0 Å². The predicted molar refractivity (Wildman–Crippen MR) is 94.2 cm³/mol. The zero-order valence-electron chi connectivity index (χ0n) is 13.2. The van der Waals surface area contributed by atoms with Crippen LogP contribution in [0.25, 0.3) is 0 Å². The van der Waals surface area contributed by atoms with Gasteiger partial charge in [-0.15, -0.1) is 0 Å². The number of hydrogen-bond acceptors (Lipinski definition) is 4. The summed E-state index contributed by atoms with van der Waals surface area (Å²) in [7, 11) is 0. The van der Waals surface area contributed by atoms with Crippen LogP contribution in [0.2, 0.25) is 0 Å². The molecule has 0 aliphatic rings. The summed E-state index contributed by atoms with van der Waals surface area (Å²) in [6, 6.07) is 17.0. The number of hydrogen-bond donors (Lipinski definition) is 1. The second-order valence-corrected chi connectivity index (χ2v) is 7.74. The van der Waals surface area contributed by atoms with E-state index in [4.69, 9.17) is 20.5 Å². The van der Waals surface area contributed by atoms with Crippen LogP contribution in [-0.2, 0) is 20.5 Å². The van der Waals surface area contributed by atoms with E-state index in [1.165, 1.54) is 0 Å². The number of rotatable bonds is 8. The van der Waals surface area contributed by atoms with E-state index in [1.54, 1.807) is 37.3 Å². The second kappa shape index (κ2) is 8.88. The minimum atomic E-state index is -3.76. The zero-order valence-corrected chi connectivity index (χ0v) is 14.9. The molecule has 0 saturated carbocycles. The number of para-hydroxylation sites is 1. The number of benzene rings is 2. The maximum atomic E-state index is 12.5. The summed E-state index contributed by atoms with van der Waals surface area (Å²) >= 11 is 5.99. The molecule has 1 N–H and O–H groups in total. The lowest BCUT2D eigenvalue weighted by molar-refractivity contribution is -0.145. The van der Waals surface area contributed by atoms with Crippen molar-refractivity contribution in [3.63, 3.8) is 0 Å². The molecular formula is C17H19ClNO4P. The largest absolute Gasteiger partial charge is 0.465 e. The Morgan fingerprint density at radius 2 is 1.71 bits per heavy atom. The van der Waals surface area contributed by atoms with E-state index in [2.05, 4.69) is 5.09 Å². The average molecular weight is 368 g/mol. The van der Waals surface area contributed by atoms with E-state index < -0.39 is 18.9 Å². The first-order valence-corrected chi connectivity index (χ1v) is 10.1. The first-order chi connectivity index (χ1) is 11.5. The lowest BCUT2D eigenvalue weighted by Crippen LogP contribution is -2.38. The van der Waals surface area contributed by atoms with Crippen molar-refractivity contribution in [2.75, 3.05) is 6.61 Å². The van der Waals surface area contributed by atoms with E-state index in [9.17, 15) is 9.36 Å². The maximum absolute atomic E-state index is 12.5. The summed E-state index contributed by atoms with van der Waals surface area (Å²) in [6.45, 7) is -1.84. The molecule has 0 radical (unpaired) electrons. The molecule has 2 aromatic rings. The van der Waals surface area contributed by atoms with Gasteiger partial charge in [-0.2, -0.15) is 0 Å². The third-order valence-corrected chi connectivity index (χ3v) is 4.70. The van der Waals surface area contributed by atoms with Crippen LogP contribution in [-0.4, -0.2) is 18.6 Å². The van der Waals surface area contributed by atoms with Gasteiger partial charge in [0.05, 0.1) is 6.61 Å². The molecule has 2 rings (SSSR count). The van der Waals surface area contributed by atoms with Gasteiger partial charge in [0, 0.05) is 11.2 Å². The molecule has 2 aromatic carbocycles. The molecule has 7 heteroatoms. The Hall–Kier alpha value is -1.81. The average Bonchev–Trinajstić information content (AvgIpc) is 2.55. The third-order valence-electron chi connectivity index (χ3n) is 3.13. The Morgan fingerprint density at radius 3 is 2.29 bits per heavy atom. The molecule has 24 heavy (non-hydrogen) atoms. The molecule has 0 amide bonds. The van der Waals surface area contributed by atoms with E-state index in [1.807, 2.05) is 30.3 Å². The fourth-order valence-corrected chi connectivity index (χ4v) is 3.71. The van der Waals surface area contributed by atoms with Gasteiger partial charge in [0.15, 0.2) is 0 Å². The summed E-state index contributed by atoms with van der Waals surface area (Å²) < 4.78 is 22.9. The van der Waals surface area contributed by atoms with Crippen molar-refractivity contribution in [3.05, 3.63) is 66.2 Å². The number of halogens is 1. The highest BCUT2D eigenvalue weighted by atomic mass is 35.7. The maximum Gasteiger partial charge on any atom is 0.409 e. The van der Waals surface area contributed by atoms with Crippen LogP contribution < -0.4 is 9.61 Å². The highest BCUT2D eigenvalue weighted by Crippen LogP contribution is 2.48. The smallest absolute Gasteiger partial charge is 0.409 e. The van der Waals surface area contributed by atoms with Crippen LogP contribution in [0.4, 0.5) is 0 Å². The standard InChI is InChI=1S/C17H19ClNO4P/c1-2-22-17(20)16(13-14-9-5-3-6-10-14)19-24(18,21)23-15-11-7-4-8-12-15/h3-12,16H,2,13H2,1H3,(H,19,21)/t16-,24?/m0/s1. The SMILES string of the molecule is CCOC(=O)[C@H](Cc1ccccc1)NP(=O)(Cl)Oc1ccccc1. The number of esters is 1. The van der Waals surface area contributed by atoms with Crippen LogP contribution in [0.15, 0.2) is 60.7 Å². The van der Waals surface area contributed by atoms with Gasteiger partial charge < -0.3 is 9.26 Å². The van der Waals surface area contributed by atoms with Gasteiger partial charge in [-0.25, -0.2) is 9.65 Å². The predicted octanol–water partition coefficient (Wildman–Crippen LogP) is 4.18. The van der Waals surface area contributed by atoms with E-state index in [0.29, 0.717) is 5.75 Å². The van der Waals surface area contributed by atoms with Gasteiger partial charge in [0.25, 0.3) is 0 Å². The van der Waals surface area contributed by atoms with Crippen LogP contribution in [0.1, 0.15) is 12.5 Å². The summed E-state index contributed by atoms with van der Waals surface area (Å²) in [5.41, 5.74) is 0.888. The topological polar surface area (TPSA) is 64.6 Å². The highest BCUT2D eigenvalue weighted by Gasteiger charge is 2.31. The van der Waals surface area contributed by atoms with E-state index >= 15 is 0 Å². The molecule has 2 atom stereocenters. The molecule has 0 aromatic heterocycles. The number of carbonyl (C=O) groups excluding carboxylic acids is 1. The van der Waals surface area contributed by atoms with Crippen molar-refractivity contribution < 1.29 is 18.6 Å². The zero-order chi connectivity index (χ0) is 17.4. The lowest BCUT2D eigenvalue weighted by Gasteiger charge is -2.21. The Balaban J connectivity index is 2.11. The molecule has 0 fully saturated rings. The molecular weight excluding hydrogens is 349 g/mol. The Labute approximate surface area is 146 Å². The van der Waals surface area contributed by atoms with Crippen molar-refractivity contribution in [2.45, 2.75) is 19.4 Å². The van der Waals surface area contributed by atoms with Crippen molar-refractivity contribution >= 4 is 24.1 Å². The van der Waals surface area contributed by atoms with Gasteiger partial charge >= 0.3 is 12.8 Å². The van der Waals surface area contributed by atoms with Crippen LogP contribution in [0, 0.1) is 0 Å². The van der Waals surface area contributed by atoms with Crippen LogP contribution in [0.3, 0.4) is 0 Å². The summed E-state index contributed by atoms with van der Waals surface area (Å²) in [5.74, 6) is -0.176. The normalized spacial score (nSPS) is 14.4. The fraction of sp³-hybridized carbons (Fsp3) is 0.235. The minimum Gasteiger partial charge on any atom is -0.465 e. The fourth-order valence-electron chi connectivity index (χ4n) is 2.10. The third kappa shape index (κ3) is 6.00. The Bertz CT molecular complexity index is 696. The molecule has 128 valence electrons. The quantitative estimate of drug-likeness (QED) is 0.560. The molecule has 1 unspecified atom stereocenters. The van der Waals surface area contributed by atoms with Gasteiger partial charge in [0.1, 0.15) is 11.8 Å².